The zero-order valence-corrected chi connectivity index (χ0v) is 17.7. The van der Waals surface area contributed by atoms with E-state index < -0.39 is 0 Å². The number of amides is 1. The number of hydrogen-bond acceptors (Lipinski definition) is 5. The average Bonchev–Trinajstić information content (AvgIpc) is 3.42. The van der Waals surface area contributed by atoms with Crippen molar-refractivity contribution < 1.29 is 18.7 Å². The Bertz CT molecular complexity index is 1300. The Balaban J connectivity index is 1.43. The molecule has 8 heteroatoms. The molecule has 0 N–H and O–H groups in total. The van der Waals surface area contributed by atoms with Crippen LogP contribution >= 0.6 is 23.2 Å². The van der Waals surface area contributed by atoms with Crippen LogP contribution < -0.4 is 5.01 Å². The fraction of sp³-hybridized carbons (Fsp3) is 0.0870. The average molecular weight is 453 g/mol. The number of fused-ring (bicyclic) bond motifs is 1. The molecule has 0 radical (unpaired) electrons. The van der Waals surface area contributed by atoms with Gasteiger partial charge in [-0.05, 0) is 55.5 Å². The Hall–Kier alpha value is -3.35. The summed E-state index contributed by atoms with van der Waals surface area (Å²) in [6.45, 7) is 2.00. The molecule has 0 saturated heterocycles. The molecule has 0 fully saturated rings. The quantitative estimate of drug-likeness (QED) is 0.375. The van der Waals surface area contributed by atoms with Crippen LogP contribution in [0.5, 0.6) is 0 Å². The molecule has 0 saturated carbocycles. The Morgan fingerprint density at radius 2 is 1.81 bits per heavy atom. The van der Waals surface area contributed by atoms with E-state index in [0.29, 0.717) is 44.1 Å². The van der Waals surface area contributed by atoms with Crippen LogP contribution in [-0.4, -0.2) is 17.6 Å². The Kier molecular flexibility index (Phi) is 4.68. The van der Waals surface area contributed by atoms with E-state index in [0.717, 1.165) is 11.1 Å². The predicted molar refractivity (Wildman–Crippen MR) is 118 cm³/mol. The van der Waals surface area contributed by atoms with Gasteiger partial charge in [0.25, 0.3) is 5.91 Å². The van der Waals surface area contributed by atoms with Gasteiger partial charge in [0.05, 0.1) is 22.5 Å². The maximum Gasteiger partial charge on any atom is 0.338 e. The first kappa shape index (κ1) is 19.6. The second-order valence-electron chi connectivity index (χ2n) is 7.14. The number of benzene rings is 2. The van der Waals surface area contributed by atoms with Crippen LogP contribution in [0.1, 0.15) is 28.6 Å². The van der Waals surface area contributed by atoms with Crippen molar-refractivity contribution in [3.05, 3.63) is 81.0 Å². The molecule has 0 aliphatic carbocycles. The lowest BCUT2D eigenvalue weighted by Crippen LogP contribution is -2.21. The van der Waals surface area contributed by atoms with Crippen LogP contribution in [0.25, 0.3) is 17.4 Å². The Labute approximate surface area is 187 Å². The van der Waals surface area contributed by atoms with Gasteiger partial charge in [-0.1, -0.05) is 29.3 Å². The van der Waals surface area contributed by atoms with E-state index in [1.54, 1.807) is 49.4 Å². The zero-order chi connectivity index (χ0) is 21.7. The first-order valence-corrected chi connectivity index (χ1v) is 10.1. The topological polar surface area (TPSA) is 72.1 Å². The van der Waals surface area contributed by atoms with Gasteiger partial charge in [-0.2, -0.15) is 10.1 Å². The van der Waals surface area contributed by atoms with Crippen LogP contribution in [0.4, 0.5) is 5.69 Å². The van der Waals surface area contributed by atoms with E-state index in [9.17, 15) is 9.59 Å². The number of carbonyl (C=O) groups is 2. The van der Waals surface area contributed by atoms with Crippen LogP contribution in [0.15, 0.2) is 63.6 Å². The molecule has 6 nitrogen and oxygen atoms in total. The van der Waals surface area contributed by atoms with Gasteiger partial charge in [0, 0.05) is 21.2 Å². The van der Waals surface area contributed by atoms with Crippen molar-refractivity contribution in [2.24, 2.45) is 5.10 Å². The van der Waals surface area contributed by atoms with Gasteiger partial charge < -0.3 is 9.15 Å². The second-order valence-corrected chi connectivity index (χ2v) is 8.01. The second kappa shape index (κ2) is 7.41. The number of furan rings is 1. The number of nitrogens with zero attached hydrogens (tertiary/aromatic N) is 2. The van der Waals surface area contributed by atoms with Crippen LogP contribution in [0, 0.1) is 0 Å². The highest BCUT2D eigenvalue weighted by atomic mass is 35.5. The van der Waals surface area contributed by atoms with E-state index in [-0.39, 0.29) is 18.5 Å². The minimum absolute atomic E-state index is 0.257. The monoisotopic (exact) mass is 452 g/mol. The standard InChI is InChI=1S/C23H14Cl2N2O4/c1-12-20(22(28)27(26-12)17-8-15(24)7-16(25)9-17)10-18-3-5-21(31-18)13-2-4-19-14(6-13)11-30-23(19)29/h2-10H,11H2,1H3. The molecule has 1 amide bonds. The van der Waals surface area contributed by atoms with E-state index >= 15 is 0 Å². The lowest BCUT2D eigenvalue weighted by Gasteiger charge is -2.12. The van der Waals surface area contributed by atoms with Crippen LogP contribution in [-0.2, 0) is 16.1 Å². The van der Waals surface area contributed by atoms with Gasteiger partial charge >= 0.3 is 5.97 Å². The molecule has 2 aliphatic heterocycles. The van der Waals surface area contributed by atoms with E-state index in [2.05, 4.69) is 5.10 Å². The van der Waals surface area contributed by atoms with Gasteiger partial charge in [-0.25, -0.2) is 4.79 Å². The molecule has 0 unspecified atom stereocenters. The van der Waals surface area contributed by atoms with Gasteiger partial charge in [-0.15, -0.1) is 0 Å². The SMILES string of the molecule is CC1=NN(c2cc(Cl)cc(Cl)c2)C(=O)C1=Cc1ccc(-c2ccc3c(c2)COC3=O)o1. The Morgan fingerprint density at radius 1 is 1.03 bits per heavy atom. The predicted octanol–water partition coefficient (Wildman–Crippen LogP) is 5.73. The highest BCUT2D eigenvalue weighted by molar-refractivity contribution is 6.36. The molecule has 5 rings (SSSR count). The van der Waals surface area contributed by atoms with Gasteiger partial charge in [0.2, 0.25) is 0 Å². The van der Waals surface area contributed by atoms with Gasteiger partial charge in [0.15, 0.2) is 0 Å². The van der Waals surface area contributed by atoms with E-state index in [4.69, 9.17) is 32.4 Å². The normalized spacial score (nSPS) is 16.7. The lowest BCUT2D eigenvalue weighted by molar-refractivity contribution is -0.114. The molecule has 2 aromatic carbocycles. The smallest absolute Gasteiger partial charge is 0.338 e. The fourth-order valence-corrected chi connectivity index (χ4v) is 4.05. The number of anilines is 1. The summed E-state index contributed by atoms with van der Waals surface area (Å²) < 4.78 is 11.0. The van der Waals surface area contributed by atoms with Crippen LogP contribution in [0.2, 0.25) is 10.0 Å². The summed E-state index contributed by atoms with van der Waals surface area (Å²) in [5.74, 6) is 0.507. The number of rotatable bonds is 3. The molecule has 31 heavy (non-hydrogen) atoms. The minimum Gasteiger partial charge on any atom is -0.457 e. The third-order valence-electron chi connectivity index (χ3n) is 5.04. The number of halogens is 2. The number of esters is 1. The first-order chi connectivity index (χ1) is 14.9. The van der Waals surface area contributed by atoms with Crippen molar-refractivity contribution in [3.63, 3.8) is 0 Å². The number of carbonyl (C=O) groups excluding carboxylic acids is 2. The summed E-state index contributed by atoms with van der Waals surface area (Å²) in [7, 11) is 0. The van der Waals surface area contributed by atoms with Crippen molar-refractivity contribution in [1.82, 2.24) is 0 Å². The van der Waals surface area contributed by atoms with Crippen LogP contribution in [0.3, 0.4) is 0 Å². The number of hydrogen-bond donors (Lipinski definition) is 0. The molecule has 0 atom stereocenters. The number of ether oxygens (including phenoxy) is 1. The van der Waals surface area contributed by atoms with E-state index in [1.807, 2.05) is 12.1 Å². The maximum atomic E-state index is 12.9. The molecule has 2 aliphatic rings. The van der Waals surface area contributed by atoms with Crippen molar-refractivity contribution in [2.45, 2.75) is 13.5 Å². The molecule has 3 heterocycles. The molecule has 1 aromatic heterocycles. The summed E-state index contributed by atoms with van der Waals surface area (Å²) in [6.07, 6.45) is 1.65. The summed E-state index contributed by atoms with van der Waals surface area (Å²) in [5, 5.41) is 6.43. The van der Waals surface area contributed by atoms with E-state index in [1.165, 1.54) is 5.01 Å². The van der Waals surface area contributed by atoms with Crippen molar-refractivity contribution in [3.8, 4) is 11.3 Å². The summed E-state index contributed by atoms with van der Waals surface area (Å²) in [6, 6.07) is 13.8. The fourth-order valence-electron chi connectivity index (χ4n) is 3.54. The largest absolute Gasteiger partial charge is 0.457 e. The molecule has 0 spiro atoms. The highest BCUT2D eigenvalue weighted by Crippen LogP contribution is 2.32. The first-order valence-electron chi connectivity index (χ1n) is 9.37. The maximum absolute atomic E-state index is 12.9. The summed E-state index contributed by atoms with van der Waals surface area (Å²) >= 11 is 12.1. The minimum atomic E-state index is -0.313. The van der Waals surface area contributed by atoms with Crippen molar-refractivity contribution >= 4 is 52.6 Å². The number of hydrazone groups is 1. The lowest BCUT2D eigenvalue weighted by atomic mass is 10.0. The summed E-state index contributed by atoms with van der Waals surface area (Å²) in [5.41, 5.74) is 3.66. The van der Waals surface area contributed by atoms with Crippen molar-refractivity contribution in [1.29, 1.82) is 0 Å². The highest BCUT2D eigenvalue weighted by Gasteiger charge is 2.29. The molecule has 154 valence electrons. The van der Waals surface area contributed by atoms with Crippen molar-refractivity contribution in [2.75, 3.05) is 5.01 Å². The van der Waals surface area contributed by atoms with Gasteiger partial charge in [0.1, 0.15) is 18.1 Å². The molecular formula is C23H14Cl2N2O4. The molecular weight excluding hydrogens is 439 g/mol. The summed E-state index contributed by atoms with van der Waals surface area (Å²) in [4.78, 5) is 24.6. The zero-order valence-electron chi connectivity index (χ0n) is 16.2. The Morgan fingerprint density at radius 3 is 2.58 bits per heavy atom. The molecule has 3 aromatic rings. The third kappa shape index (κ3) is 3.54. The molecule has 0 bridgehead atoms. The number of cyclic esters (lactones) is 1. The van der Waals surface area contributed by atoms with Gasteiger partial charge in [-0.3, -0.25) is 4.79 Å². The third-order valence-corrected chi connectivity index (χ3v) is 5.47.